The first kappa shape index (κ1) is 16.7. The summed E-state index contributed by atoms with van der Waals surface area (Å²) in [5.74, 6) is 1.50. The molecule has 1 heterocycles. The number of fused-ring (bicyclic) bond motifs is 1. The number of amides is 1. The average molecular weight is 357 g/mol. The number of hydrogen-bond acceptors (Lipinski definition) is 2. The highest BCUT2D eigenvalue weighted by Crippen LogP contribution is 2.60. The minimum Gasteiger partial charge on any atom is -0.390 e. The van der Waals surface area contributed by atoms with Gasteiger partial charge in [0, 0.05) is 18.5 Å². The molecule has 0 spiro atoms. The molecule has 4 fully saturated rings. The summed E-state index contributed by atoms with van der Waals surface area (Å²) >= 11 is 0. The van der Waals surface area contributed by atoms with Crippen molar-refractivity contribution in [3.05, 3.63) is 35.1 Å². The van der Waals surface area contributed by atoms with Gasteiger partial charge in [-0.2, -0.15) is 0 Å². The van der Waals surface area contributed by atoms with Gasteiger partial charge in [0.25, 0.3) is 0 Å². The monoisotopic (exact) mass is 357 g/mol. The van der Waals surface area contributed by atoms with E-state index in [-0.39, 0.29) is 17.6 Å². The van der Waals surface area contributed by atoms with Crippen LogP contribution < -0.4 is 0 Å². The number of likely N-dealkylation sites (tertiary alicyclic amines) is 1. The molecule has 2 bridgehead atoms. The Morgan fingerprint density at radius 2 is 2.15 bits per heavy atom. The smallest absolute Gasteiger partial charge is 0.226 e. The minimum atomic E-state index is -0.447. The van der Waals surface area contributed by atoms with Crippen LogP contribution >= 0.6 is 0 Å². The Hall–Kier alpha value is -1.42. The van der Waals surface area contributed by atoms with Crippen molar-refractivity contribution in [3.63, 3.8) is 0 Å². The zero-order chi connectivity index (χ0) is 18.1. The van der Waals surface area contributed by atoms with Gasteiger partial charge in [-0.15, -0.1) is 0 Å². The van der Waals surface area contributed by atoms with E-state index in [1.54, 1.807) is 13.0 Å². The van der Waals surface area contributed by atoms with Crippen LogP contribution in [0.15, 0.2) is 18.2 Å². The van der Waals surface area contributed by atoms with Gasteiger partial charge >= 0.3 is 0 Å². The summed E-state index contributed by atoms with van der Waals surface area (Å²) in [4.78, 5) is 15.2. The number of hydrogen-bond donors (Lipinski definition) is 1. The molecule has 4 heteroatoms. The second kappa shape index (κ2) is 5.79. The van der Waals surface area contributed by atoms with E-state index in [9.17, 15) is 14.3 Å². The molecule has 1 aromatic carbocycles. The Bertz CT molecular complexity index is 750. The second-order valence-electron chi connectivity index (χ2n) is 9.29. The summed E-state index contributed by atoms with van der Waals surface area (Å²) in [6, 6.07) is 5.77. The van der Waals surface area contributed by atoms with Crippen LogP contribution in [-0.4, -0.2) is 34.1 Å². The van der Waals surface area contributed by atoms with Gasteiger partial charge in [0.05, 0.1) is 5.60 Å². The van der Waals surface area contributed by atoms with Crippen molar-refractivity contribution >= 4 is 5.91 Å². The highest BCUT2D eigenvalue weighted by atomic mass is 19.1. The SMILES string of the molecule is Cc1cccc(CC2CCN(C3CC[C@]4(O)CC5CC4[C@H]3C5)C2=O)c1F. The van der Waals surface area contributed by atoms with Crippen molar-refractivity contribution in [3.8, 4) is 0 Å². The van der Waals surface area contributed by atoms with Crippen LogP contribution in [0.1, 0.15) is 49.7 Å². The highest BCUT2D eigenvalue weighted by molar-refractivity contribution is 5.81. The standard InChI is InChI=1S/C22H28FNO2/c1-13-3-2-4-15(20(13)23)11-16-6-8-24(21(16)25)19-5-7-22(26)12-14-9-17(19)18(22)10-14/h2-4,14,16-19,26H,5-12H2,1H3/t14?,16?,17-,18?,19?,22+/m1/s1. The van der Waals surface area contributed by atoms with Crippen LogP contribution in [0.5, 0.6) is 0 Å². The lowest BCUT2D eigenvalue weighted by molar-refractivity contribution is -0.141. The lowest BCUT2D eigenvalue weighted by Crippen LogP contribution is -2.54. The van der Waals surface area contributed by atoms with Crippen molar-refractivity contribution in [2.45, 2.75) is 63.5 Å². The molecule has 0 radical (unpaired) electrons. The molecule has 1 amide bonds. The maximum absolute atomic E-state index is 14.3. The normalized spacial score (nSPS) is 41.3. The number of carbonyl (C=O) groups is 1. The molecular formula is C22H28FNO2. The third-order valence-corrected chi connectivity index (χ3v) is 7.90. The van der Waals surface area contributed by atoms with Crippen molar-refractivity contribution < 1.29 is 14.3 Å². The topological polar surface area (TPSA) is 40.5 Å². The summed E-state index contributed by atoms with van der Waals surface area (Å²) in [7, 11) is 0. The fourth-order valence-corrected chi connectivity index (χ4v) is 6.74. The van der Waals surface area contributed by atoms with E-state index in [1.165, 1.54) is 6.42 Å². The summed E-state index contributed by atoms with van der Waals surface area (Å²) in [5.41, 5.74) is 0.873. The zero-order valence-electron chi connectivity index (χ0n) is 15.5. The molecule has 6 atom stereocenters. The molecule has 26 heavy (non-hydrogen) atoms. The lowest BCUT2D eigenvalue weighted by atomic mass is 9.65. The number of aryl methyl sites for hydroxylation is 1. The van der Waals surface area contributed by atoms with E-state index < -0.39 is 5.60 Å². The average Bonchev–Trinajstić information content (AvgIpc) is 3.27. The molecule has 4 unspecified atom stereocenters. The maximum atomic E-state index is 14.3. The Morgan fingerprint density at radius 1 is 1.31 bits per heavy atom. The third-order valence-electron chi connectivity index (χ3n) is 7.90. The van der Waals surface area contributed by atoms with E-state index in [4.69, 9.17) is 0 Å². The second-order valence-corrected chi connectivity index (χ2v) is 9.29. The van der Waals surface area contributed by atoms with Gasteiger partial charge in [0.15, 0.2) is 0 Å². The summed E-state index contributed by atoms with van der Waals surface area (Å²) in [6.07, 6.45) is 6.42. The van der Waals surface area contributed by atoms with Crippen LogP contribution in [0.4, 0.5) is 4.39 Å². The Kier molecular flexibility index (Phi) is 3.72. The summed E-state index contributed by atoms with van der Waals surface area (Å²) in [5, 5.41) is 10.9. The number of benzene rings is 1. The molecule has 3 aliphatic carbocycles. The fourth-order valence-electron chi connectivity index (χ4n) is 6.74. The van der Waals surface area contributed by atoms with Gasteiger partial charge in [-0.05, 0) is 80.8 Å². The van der Waals surface area contributed by atoms with Crippen molar-refractivity contribution in [2.75, 3.05) is 6.54 Å². The van der Waals surface area contributed by atoms with Gasteiger partial charge in [-0.1, -0.05) is 18.2 Å². The van der Waals surface area contributed by atoms with E-state index in [2.05, 4.69) is 4.90 Å². The quantitative estimate of drug-likeness (QED) is 0.900. The minimum absolute atomic E-state index is 0.0919. The first-order chi connectivity index (χ1) is 12.5. The van der Waals surface area contributed by atoms with Crippen LogP contribution in [0.3, 0.4) is 0 Å². The van der Waals surface area contributed by atoms with Gasteiger partial charge in [-0.3, -0.25) is 4.79 Å². The zero-order valence-corrected chi connectivity index (χ0v) is 15.5. The van der Waals surface area contributed by atoms with E-state index >= 15 is 0 Å². The first-order valence-electron chi connectivity index (χ1n) is 10.2. The summed E-state index contributed by atoms with van der Waals surface area (Å²) in [6.45, 7) is 2.58. The van der Waals surface area contributed by atoms with Crippen LogP contribution in [-0.2, 0) is 11.2 Å². The molecular weight excluding hydrogens is 329 g/mol. The predicted molar refractivity (Wildman–Crippen MR) is 97.0 cm³/mol. The predicted octanol–water partition coefficient (Wildman–Crippen LogP) is 3.46. The molecule has 3 saturated carbocycles. The number of halogens is 1. The van der Waals surface area contributed by atoms with Crippen molar-refractivity contribution in [2.24, 2.45) is 23.7 Å². The molecule has 3 nitrogen and oxygen atoms in total. The van der Waals surface area contributed by atoms with Crippen molar-refractivity contribution in [1.82, 2.24) is 4.90 Å². The largest absolute Gasteiger partial charge is 0.390 e. The van der Waals surface area contributed by atoms with E-state index in [1.807, 2.05) is 12.1 Å². The van der Waals surface area contributed by atoms with E-state index in [0.29, 0.717) is 41.3 Å². The Balaban J connectivity index is 1.32. The molecule has 140 valence electrons. The van der Waals surface area contributed by atoms with Gasteiger partial charge in [-0.25, -0.2) is 4.39 Å². The number of nitrogens with zero attached hydrogens (tertiary/aromatic N) is 1. The number of rotatable bonds is 3. The molecule has 1 N–H and O–H groups in total. The fraction of sp³-hybridized carbons (Fsp3) is 0.682. The Morgan fingerprint density at radius 3 is 2.96 bits per heavy atom. The molecule has 0 aromatic heterocycles. The van der Waals surface area contributed by atoms with Gasteiger partial charge in [0.1, 0.15) is 5.82 Å². The molecule has 1 saturated heterocycles. The van der Waals surface area contributed by atoms with Crippen LogP contribution in [0.25, 0.3) is 0 Å². The first-order valence-corrected chi connectivity index (χ1v) is 10.2. The molecule has 1 aliphatic heterocycles. The molecule has 1 aromatic rings. The maximum Gasteiger partial charge on any atom is 0.226 e. The van der Waals surface area contributed by atoms with Crippen molar-refractivity contribution in [1.29, 1.82) is 0 Å². The number of aliphatic hydroxyl groups is 1. The number of carbonyl (C=O) groups excluding carboxylic acids is 1. The lowest BCUT2D eigenvalue weighted by Gasteiger charge is -2.49. The Labute approximate surface area is 154 Å². The van der Waals surface area contributed by atoms with E-state index in [0.717, 1.165) is 38.6 Å². The van der Waals surface area contributed by atoms with Crippen LogP contribution in [0.2, 0.25) is 0 Å². The van der Waals surface area contributed by atoms with Crippen LogP contribution in [0, 0.1) is 36.4 Å². The van der Waals surface area contributed by atoms with Gasteiger partial charge < -0.3 is 10.0 Å². The highest BCUT2D eigenvalue weighted by Gasteiger charge is 2.60. The van der Waals surface area contributed by atoms with Gasteiger partial charge in [0.2, 0.25) is 5.91 Å². The third kappa shape index (κ3) is 2.37. The molecule has 4 aliphatic rings. The summed E-state index contributed by atoms with van der Waals surface area (Å²) < 4.78 is 14.3. The molecule has 5 rings (SSSR count).